The lowest BCUT2D eigenvalue weighted by molar-refractivity contribution is 0.0526. The zero-order valence-electron chi connectivity index (χ0n) is 11.5. The van der Waals surface area contributed by atoms with E-state index in [0.29, 0.717) is 11.1 Å². The van der Waals surface area contributed by atoms with Gasteiger partial charge in [-0.05, 0) is 30.7 Å². The van der Waals surface area contributed by atoms with Crippen molar-refractivity contribution in [3.63, 3.8) is 0 Å². The molecule has 0 unspecified atom stereocenters. The van der Waals surface area contributed by atoms with Gasteiger partial charge in [0.25, 0.3) is 10.1 Å². The quantitative estimate of drug-likeness (QED) is 0.620. The molecule has 0 aliphatic rings. The number of carbonyl (C=O) groups is 1. The molecule has 2 aromatic heterocycles. The highest BCUT2D eigenvalue weighted by Crippen LogP contribution is 2.23. The van der Waals surface area contributed by atoms with E-state index < -0.39 is 16.1 Å². The number of nitrogens with zero attached hydrogens (tertiary/aromatic N) is 1. The smallest absolute Gasteiger partial charge is 0.341 e. The third-order valence-corrected chi connectivity index (χ3v) is 3.64. The third-order valence-electron chi connectivity index (χ3n) is 2.71. The number of esters is 1. The summed E-state index contributed by atoms with van der Waals surface area (Å²) in [5.74, 6) is -0.500. The van der Waals surface area contributed by atoms with E-state index in [1.54, 1.807) is 35.7 Å². The van der Waals surface area contributed by atoms with Crippen molar-refractivity contribution in [1.82, 2.24) is 4.40 Å². The van der Waals surface area contributed by atoms with Crippen LogP contribution in [-0.4, -0.2) is 31.7 Å². The van der Waals surface area contributed by atoms with E-state index in [4.69, 9.17) is 20.5 Å². The molecule has 0 amide bonds. The highest BCUT2D eigenvalue weighted by Gasteiger charge is 2.16. The van der Waals surface area contributed by atoms with Gasteiger partial charge in [-0.15, -0.1) is 0 Å². The Morgan fingerprint density at radius 2 is 2.10 bits per heavy atom. The molecule has 0 N–H and O–H groups in total. The molecule has 8 heteroatoms. The van der Waals surface area contributed by atoms with Crippen LogP contribution >= 0.6 is 11.6 Å². The summed E-state index contributed by atoms with van der Waals surface area (Å²) in [5, 5.41) is 0.249. The zero-order chi connectivity index (χ0) is 15.6. The minimum atomic E-state index is -3.51. The van der Waals surface area contributed by atoms with E-state index in [2.05, 4.69) is 0 Å². The standard InChI is InChI=1S/C13H14ClNO5S/c1-3-19-13(16)11-7-10-6-9(8-20-21(2,17)18)4-5-15(10)12(11)14/h4-7H,3,8H2,1-2H3. The lowest BCUT2D eigenvalue weighted by Gasteiger charge is -2.03. The van der Waals surface area contributed by atoms with Crippen LogP contribution in [0.4, 0.5) is 0 Å². The average Bonchev–Trinajstić information content (AvgIpc) is 2.73. The number of hydrogen-bond acceptors (Lipinski definition) is 5. The second kappa shape index (κ2) is 6.05. The topological polar surface area (TPSA) is 74.1 Å². The summed E-state index contributed by atoms with van der Waals surface area (Å²) in [6, 6.07) is 4.95. The Kier molecular flexibility index (Phi) is 4.55. The Morgan fingerprint density at radius 1 is 1.38 bits per heavy atom. The number of pyridine rings is 1. The van der Waals surface area contributed by atoms with Gasteiger partial charge in [-0.2, -0.15) is 8.42 Å². The Morgan fingerprint density at radius 3 is 2.71 bits per heavy atom. The largest absolute Gasteiger partial charge is 0.462 e. The number of ether oxygens (including phenoxy) is 1. The molecule has 2 rings (SSSR count). The first-order chi connectivity index (χ1) is 9.81. The predicted octanol–water partition coefficient (Wildman–Crippen LogP) is 2.25. The molecule has 0 radical (unpaired) electrons. The summed E-state index contributed by atoms with van der Waals surface area (Å²) in [5.41, 5.74) is 1.56. The SMILES string of the molecule is CCOC(=O)c1cc2cc(COS(C)(=O)=O)ccn2c1Cl. The molecule has 2 heterocycles. The molecule has 21 heavy (non-hydrogen) atoms. The molecule has 2 aromatic rings. The van der Waals surface area contributed by atoms with Crippen LogP contribution in [0.5, 0.6) is 0 Å². The summed E-state index contributed by atoms with van der Waals surface area (Å²) < 4.78 is 33.2. The first kappa shape index (κ1) is 15.8. The Labute approximate surface area is 127 Å². The predicted molar refractivity (Wildman–Crippen MR) is 78.0 cm³/mol. The van der Waals surface area contributed by atoms with Crippen LogP contribution in [0.2, 0.25) is 5.15 Å². The van der Waals surface area contributed by atoms with E-state index in [1.165, 1.54) is 0 Å². The van der Waals surface area contributed by atoms with Crippen LogP contribution < -0.4 is 0 Å². The van der Waals surface area contributed by atoms with Crippen LogP contribution in [-0.2, 0) is 25.6 Å². The first-order valence-corrected chi connectivity index (χ1v) is 8.32. The fraction of sp³-hybridized carbons (Fsp3) is 0.308. The van der Waals surface area contributed by atoms with Gasteiger partial charge < -0.3 is 9.14 Å². The maximum atomic E-state index is 11.8. The van der Waals surface area contributed by atoms with Crippen molar-refractivity contribution in [3.05, 3.63) is 40.7 Å². The average molecular weight is 332 g/mol. The number of carbonyl (C=O) groups excluding carboxylic acids is 1. The summed E-state index contributed by atoms with van der Waals surface area (Å²) in [6.45, 7) is 1.89. The summed E-state index contributed by atoms with van der Waals surface area (Å²) in [4.78, 5) is 11.8. The van der Waals surface area contributed by atoms with Crippen molar-refractivity contribution >= 4 is 33.2 Å². The Bertz CT molecular complexity index is 781. The van der Waals surface area contributed by atoms with Gasteiger partial charge in [-0.3, -0.25) is 4.18 Å². The summed E-state index contributed by atoms with van der Waals surface area (Å²) >= 11 is 6.12. The van der Waals surface area contributed by atoms with E-state index in [9.17, 15) is 13.2 Å². The molecule has 6 nitrogen and oxygen atoms in total. The highest BCUT2D eigenvalue weighted by atomic mass is 35.5. The maximum absolute atomic E-state index is 11.8. The van der Waals surface area contributed by atoms with Crippen LogP contribution in [0.25, 0.3) is 5.52 Å². The normalized spacial score (nSPS) is 11.8. The molecule has 0 spiro atoms. The van der Waals surface area contributed by atoms with Gasteiger partial charge in [0.15, 0.2) is 0 Å². The number of aromatic nitrogens is 1. The molecule has 0 aliphatic heterocycles. The molecule has 0 aromatic carbocycles. The van der Waals surface area contributed by atoms with Gasteiger partial charge in [0.1, 0.15) is 5.15 Å². The van der Waals surface area contributed by atoms with Crippen molar-refractivity contribution in [1.29, 1.82) is 0 Å². The molecule has 0 saturated heterocycles. The van der Waals surface area contributed by atoms with Gasteiger partial charge in [0.2, 0.25) is 0 Å². The van der Waals surface area contributed by atoms with E-state index in [1.807, 2.05) is 0 Å². The number of fused-ring (bicyclic) bond motifs is 1. The number of rotatable bonds is 5. The third kappa shape index (κ3) is 3.75. The van der Waals surface area contributed by atoms with Crippen LogP contribution in [0.3, 0.4) is 0 Å². The minimum absolute atomic E-state index is 0.0765. The van der Waals surface area contributed by atoms with Crippen molar-refractivity contribution in [2.24, 2.45) is 0 Å². The van der Waals surface area contributed by atoms with Crippen LogP contribution in [0, 0.1) is 0 Å². The molecular formula is C13H14ClNO5S. The lowest BCUT2D eigenvalue weighted by atomic mass is 10.2. The molecule has 0 saturated carbocycles. The number of halogens is 1. The summed E-state index contributed by atoms with van der Waals surface area (Å²) in [7, 11) is -3.51. The van der Waals surface area contributed by atoms with Gasteiger partial charge in [0, 0.05) is 11.7 Å². The molecular weight excluding hydrogens is 318 g/mol. The van der Waals surface area contributed by atoms with Gasteiger partial charge >= 0.3 is 5.97 Å². The van der Waals surface area contributed by atoms with Gasteiger partial charge in [0.05, 0.1) is 25.0 Å². The van der Waals surface area contributed by atoms with Crippen molar-refractivity contribution < 1.29 is 22.1 Å². The monoisotopic (exact) mass is 331 g/mol. The molecule has 0 fully saturated rings. The zero-order valence-corrected chi connectivity index (χ0v) is 13.1. The van der Waals surface area contributed by atoms with Crippen LogP contribution in [0.15, 0.2) is 24.4 Å². The van der Waals surface area contributed by atoms with Crippen molar-refractivity contribution in [2.75, 3.05) is 12.9 Å². The van der Waals surface area contributed by atoms with Crippen LogP contribution in [0.1, 0.15) is 22.8 Å². The van der Waals surface area contributed by atoms with E-state index in [-0.39, 0.29) is 23.9 Å². The second-order valence-electron chi connectivity index (χ2n) is 4.37. The van der Waals surface area contributed by atoms with Gasteiger partial charge in [-0.25, -0.2) is 4.79 Å². The molecule has 0 aliphatic carbocycles. The second-order valence-corrected chi connectivity index (χ2v) is 6.37. The van der Waals surface area contributed by atoms with Gasteiger partial charge in [-0.1, -0.05) is 11.6 Å². The lowest BCUT2D eigenvalue weighted by Crippen LogP contribution is -2.04. The molecule has 0 bridgehead atoms. The highest BCUT2D eigenvalue weighted by molar-refractivity contribution is 7.85. The minimum Gasteiger partial charge on any atom is -0.462 e. The van der Waals surface area contributed by atoms with Crippen molar-refractivity contribution in [2.45, 2.75) is 13.5 Å². The van der Waals surface area contributed by atoms with E-state index in [0.717, 1.165) is 6.26 Å². The van der Waals surface area contributed by atoms with Crippen molar-refractivity contribution in [3.8, 4) is 0 Å². The summed E-state index contributed by atoms with van der Waals surface area (Å²) in [6.07, 6.45) is 2.62. The maximum Gasteiger partial charge on any atom is 0.341 e. The fourth-order valence-electron chi connectivity index (χ4n) is 1.81. The Hall–Kier alpha value is -1.57. The fourth-order valence-corrected chi connectivity index (χ4v) is 2.44. The molecule has 0 atom stereocenters. The Balaban J connectivity index is 2.33. The first-order valence-electron chi connectivity index (χ1n) is 6.13. The number of hydrogen-bond donors (Lipinski definition) is 0. The molecule has 114 valence electrons. The van der Waals surface area contributed by atoms with E-state index >= 15 is 0 Å².